The Balaban J connectivity index is 2.51. The molecule has 2 heterocycles. The van der Waals surface area contributed by atoms with E-state index in [1.165, 1.54) is 0 Å². The van der Waals surface area contributed by atoms with Crippen molar-refractivity contribution in [3.8, 4) is 0 Å². The molecule has 0 bridgehead atoms. The lowest BCUT2D eigenvalue weighted by Crippen LogP contribution is -2.32. The summed E-state index contributed by atoms with van der Waals surface area (Å²) >= 11 is 0. The SMILES string of the molecule is ON1NNc2ncccc21. The maximum absolute atomic E-state index is 9.00. The highest BCUT2D eigenvalue weighted by Gasteiger charge is 2.15. The van der Waals surface area contributed by atoms with Gasteiger partial charge in [0, 0.05) is 6.20 Å². The van der Waals surface area contributed by atoms with Gasteiger partial charge in [0.15, 0.2) is 5.82 Å². The molecule has 0 radical (unpaired) electrons. The first-order valence-corrected chi connectivity index (χ1v) is 2.83. The monoisotopic (exact) mass is 138 g/mol. The van der Waals surface area contributed by atoms with Crippen LogP contribution < -0.4 is 16.1 Å². The summed E-state index contributed by atoms with van der Waals surface area (Å²) in [5, 5.41) is 9.88. The number of hydrogen-bond acceptors (Lipinski definition) is 5. The van der Waals surface area contributed by atoms with Crippen molar-refractivity contribution < 1.29 is 5.21 Å². The molecule has 0 amide bonds. The molecule has 0 saturated carbocycles. The molecule has 1 aliphatic rings. The first-order valence-electron chi connectivity index (χ1n) is 2.83. The molecule has 0 fully saturated rings. The third-order valence-corrected chi connectivity index (χ3v) is 1.29. The second-order valence-corrected chi connectivity index (χ2v) is 1.92. The molecule has 5 heteroatoms. The van der Waals surface area contributed by atoms with Crippen LogP contribution in [0.5, 0.6) is 0 Å². The molecule has 3 N–H and O–H groups in total. The van der Waals surface area contributed by atoms with Gasteiger partial charge in [-0.05, 0) is 12.1 Å². The van der Waals surface area contributed by atoms with Gasteiger partial charge in [0.1, 0.15) is 5.69 Å². The minimum absolute atomic E-state index is 0.627. The van der Waals surface area contributed by atoms with Crippen molar-refractivity contribution in [2.75, 3.05) is 10.6 Å². The van der Waals surface area contributed by atoms with E-state index in [9.17, 15) is 0 Å². The second kappa shape index (κ2) is 1.83. The van der Waals surface area contributed by atoms with E-state index in [-0.39, 0.29) is 0 Å². The van der Waals surface area contributed by atoms with Gasteiger partial charge >= 0.3 is 0 Å². The number of fused-ring (bicyclic) bond motifs is 1. The van der Waals surface area contributed by atoms with Crippen molar-refractivity contribution in [1.29, 1.82) is 0 Å². The molecular formula is C5H6N4O. The molecule has 1 aromatic rings. The van der Waals surface area contributed by atoms with Gasteiger partial charge < -0.3 is 0 Å². The van der Waals surface area contributed by atoms with E-state index in [2.05, 4.69) is 15.9 Å². The van der Waals surface area contributed by atoms with Gasteiger partial charge in [0.2, 0.25) is 0 Å². The summed E-state index contributed by atoms with van der Waals surface area (Å²) in [4.78, 5) is 3.93. The molecule has 5 nitrogen and oxygen atoms in total. The Bertz CT molecular complexity index is 251. The van der Waals surface area contributed by atoms with Gasteiger partial charge in [-0.3, -0.25) is 10.6 Å². The molecule has 52 valence electrons. The van der Waals surface area contributed by atoms with E-state index in [1.807, 2.05) is 0 Å². The molecule has 2 rings (SSSR count). The Hall–Kier alpha value is -1.33. The van der Waals surface area contributed by atoms with Gasteiger partial charge in [-0.15, -0.1) is 5.53 Å². The fourth-order valence-corrected chi connectivity index (χ4v) is 0.830. The van der Waals surface area contributed by atoms with Crippen molar-refractivity contribution in [1.82, 2.24) is 10.5 Å². The van der Waals surface area contributed by atoms with E-state index < -0.39 is 0 Å². The lowest BCUT2D eigenvalue weighted by atomic mass is 10.4. The number of hydrogen-bond donors (Lipinski definition) is 3. The molecule has 1 aromatic heterocycles. The largest absolute Gasteiger partial charge is 0.284 e. The molecule has 10 heavy (non-hydrogen) atoms. The highest BCUT2D eigenvalue weighted by Crippen LogP contribution is 2.23. The summed E-state index contributed by atoms with van der Waals surface area (Å²) in [6, 6.07) is 3.49. The van der Waals surface area contributed by atoms with E-state index in [1.54, 1.807) is 18.3 Å². The minimum atomic E-state index is 0.627. The minimum Gasteiger partial charge on any atom is -0.284 e. The predicted molar refractivity (Wildman–Crippen MR) is 35.3 cm³/mol. The van der Waals surface area contributed by atoms with Crippen LogP contribution in [0.4, 0.5) is 11.5 Å². The van der Waals surface area contributed by atoms with Gasteiger partial charge in [0.25, 0.3) is 0 Å². The van der Waals surface area contributed by atoms with Crippen LogP contribution in [0.15, 0.2) is 18.3 Å². The lowest BCUT2D eigenvalue weighted by Gasteiger charge is -2.04. The highest BCUT2D eigenvalue weighted by molar-refractivity contribution is 5.66. The molecule has 1 aliphatic heterocycles. The summed E-state index contributed by atoms with van der Waals surface area (Å²) in [5.41, 5.74) is 5.75. The molecule has 0 spiro atoms. The number of rotatable bonds is 0. The number of aromatic nitrogens is 1. The van der Waals surface area contributed by atoms with Gasteiger partial charge in [0.05, 0.1) is 0 Å². The molecular weight excluding hydrogens is 132 g/mol. The average molecular weight is 138 g/mol. The highest BCUT2D eigenvalue weighted by atomic mass is 16.6. The Kier molecular flexibility index (Phi) is 0.996. The van der Waals surface area contributed by atoms with Crippen molar-refractivity contribution in [2.45, 2.75) is 0 Å². The zero-order valence-corrected chi connectivity index (χ0v) is 5.07. The molecule has 0 aliphatic carbocycles. The van der Waals surface area contributed by atoms with Crippen LogP contribution in [0.2, 0.25) is 0 Å². The summed E-state index contributed by atoms with van der Waals surface area (Å²) in [5.74, 6) is 0.630. The van der Waals surface area contributed by atoms with E-state index in [0.29, 0.717) is 11.5 Å². The van der Waals surface area contributed by atoms with Gasteiger partial charge in [-0.25, -0.2) is 4.98 Å². The van der Waals surface area contributed by atoms with Crippen LogP contribution in [-0.4, -0.2) is 10.2 Å². The molecule has 0 saturated heterocycles. The van der Waals surface area contributed by atoms with Gasteiger partial charge in [-0.2, -0.15) is 5.17 Å². The van der Waals surface area contributed by atoms with Crippen molar-refractivity contribution in [2.24, 2.45) is 0 Å². The summed E-state index contributed by atoms with van der Waals surface area (Å²) < 4.78 is 0. The van der Waals surface area contributed by atoms with Gasteiger partial charge in [-0.1, -0.05) is 0 Å². The molecule has 0 unspecified atom stereocenters. The van der Waals surface area contributed by atoms with Crippen LogP contribution in [0.3, 0.4) is 0 Å². The van der Waals surface area contributed by atoms with Crippen LogP contribution in [0, 0.1) is 0 Å². The smallest absolute Gasteiger partial charge is 0.169 e. The number of nitrogens with one attached hydrogen (secondary N) is 2. The zero-order chi connectivity index (χ0) is 6.97. The Labute approximate surface area is 57.2 Å². The third kappa shape index (κ3) is 0.615. The Morgan fingerprint density at radius 3 is 3.30 bits per heavy atom. The van der Waals surface area contributed by atoms with Crippen LogP contribution in [0.1, 0.15) is 0 Å². The Morgan fingerprint density at radius 2 is 2.50 bits per heavy atom. The quantitative estimate of drug-likeness (QED) is 0.475. The van der Waals surface area contributed by atoms with Crippen LogP contribution >= 0.6 is 0 Å². The first-order chi connectivity index (χ1) is 4.88. The fourth-order valence-electron chi connectivity index (χ4n) is 0.830. The number of anilines is 2. The molecule has 0 atom stereocenters. The van der Waals surface area contributed by atoms with Crippen LogP contribution in [0.25, 0.3) is 0 Å². The third-order valence-electron chi connectivity index (χ3n) is 1.29. The fraction of sp³-hybridized carbons (Fsp3) is 0. The van der Waals surface area contributed by atoms with E-state index >= 15 is 0 Å². The van der Waals surface area contributed by atoms with Crippen molar-refractivity contribution >= 4 is 11.5 Å². The topological polar surface area (TPSA) is 60.4 Å². The number of pyridine rings is 1. The molecule has 0 aromatic carbocycles. The standard InChI is InChI=1S/C5H6N4O/c10-9-4-2-1-3-6-5(4)7-8-9/h1-3,8,10H,(H,6,7). The predicted octanol–water partition coefficient (Wildman–Crippen LogP) is 0.122. The van der Waals surface area contributed by atoms with Crippen molar-refractivity contribution in [3.63, 3.8) is 0 Å². The Morgan fingerprint density at radius 1 is 1.60 bits per heavy atom. The van der Waals surface area contributed by atoms with E-state index in [4.69, 9.17) is 5.21 Å². The van der Waals surface area contributed by atoms with Crippen LogP contribution in [-0.2, 0) is 0 Å². The second-order valence-electron chi connectivity index (χ2n) is 1.92. The average Bonchev–Trinajstić information content (AvgIpc) is 2.34. The zero-order valence-electron chi connectivity index (χ0n) is 5.07. The summed E-state index contributed by atoms with van der Waals surface area (Å²) in [6.07, 6.45) is 1.65. The number of hydrazine groups is 2. The maximum Gasteiger partial charge on any atom is 0.169 e. The lowest BCUT2D eigenvalue weighted by molar-refractivity contribution is 0.230. The van der Waals surface area contributed by atoms with E-state index in [0.717, 1.165) is 5.17 Å². The maximum atomic E-state index is 9.00. The summed E-state index contributed by atoms with van der Waals surface area (Å²) in [6.45, 7) is 0. The number of nitrogens with zero attached hydrogens (tertiary/aromatic N) is 2. The normalized spacial score (nSPS) is 14.7. The van der Waals surface area contributed by atoms with Crippen molar-refractivity contribution in [3.05, 3.63) is 18.3 Å². The summed E-state index contributed by atoms with van der Waals surface area (Å²) in [7, 11) is 0. The first kappa shape index (κ1) is 5.45.